The topological polar surface area (TPSA) is 55.9 Å². The van der Waals surface area contributed by atoms with Crippen molar-refractivity contribution in [1.29, 1.82) is 0 Å². The van der Waals surface area contributed by atoms with E-state index in [0.717, 1.165) is 0 Å². The van der Waals surface area contributed by atoms with Crippen molar-refractivity contribution in [3.63, 3.8) is 0 Å². The van der Waals surface area contributed by atoms with Gasteiger partial charge < -0.3 is 0 Å². The summed E-state index contributed by atoms with van der Waals surface area (Å²) >= 11 is 5.78. The lowest BCUT2D eigenvalue weighted by Gasteiger charge is -2.19. The summed E-state index contributed by atoms with van der Waals surface area (Å²) in [6, 6.07) is -1.09. The standard InChI is InChI=1S/C8H12ClF3N4/c1-2-16-7(5(9)4-14-16)6(15-13)3-8(10,11)12/h4,6,15H,2-3,13H2,1H3. The fraction of sp³-hybridized carbons (Fsp3) is 0.625. The van der Waals surface area contributed by atoms with E-state index in [2.05, 4.69) is 10.5 Å². The van der Waals surface area contributed by atoms with Crippen LogP contribution in [0.2, 0.25) is 5.02 Å². The molecule has 0 amide bonds. The summed E-state index contributed by atoms with van der Waals surface area (Å²) < 4.78 is 38.2. The van der Waals surface area contributed by atoms with E-state index in [9.17, 15) is 13.2 Å². The number of nitrogens with two attached hydrogens (primary N) is 1. The second-order valence-electron chi connectivity index (χ2n) is 3.23. The summed E-state index contributed by atoms with van der Waals surface area (Å²) in [4.78, 5) is 0. The monoisotopic (exact) mass is 256 g/mol. The van der Waals surface area contributed by atoms with Gasteiger partial charge in [0.1, 0.15) is 0 Å². The molecule has 1 heterocycles. The van der Waals surface area contributed by atoms with Gasteiger partial charge >= 0.3 is 6.18 Å². The van der Waals surface area contributed by atoms with Gasteiger partial charge in [-0.3, -0.25) is 16.0 Å². The quantitative estimate of drug-likeness (QED) is 0.640. The molecule has 0 radical (unpaired) electrons. The molecule has 92 valence electrons. The lowest BCUT2D eigenvalue weighted by molar-refractivity contribution is -0.140. The molecule has 3 N–H and O–H groups in total. The van der Waals surface area contributed by atoms with E-state index in [1.54, 1.807) is 6.92 Å². The second kappa shape index (κ2) is 5.03. The summed E-state index contributed by atoms with van der Waals surface area (Å²) in [5.74, 6) is 5.11. The Morgan fingerprint density at radius 1 is 1.62 bits per heavy atom. The number of hydrogen-bond acceptors (Lipinski definition) is 3. The maximum atomic E-state index is 12.3. The molecule has 16 heavy (non-hydrogen) atoms. The normalized spacial score (nSPS) is 14.1. The predicted molar refractivity (Wildman–Crippen MR) is 53.6 cm³/mol. The maximum absolute atomic E-state index is 12.3. The molecule has 0 spiro atoms. The van der Waals surface area contributed by atoms with Gasteiger partial charge in [-0.15, -0.1) is 0 Å². The highest BCUT2D eigenvalue weighted by Crippen LogP contribution is 2.32. The minimum Gasteiger partial charge on any atom is -0.271 e. The number of nitrogens with one attached hydrogen (secondary N) is 1. The first-order chi connectivity index (χ1) is 7.39. The van der Waals surface area contributed by atoms with Crippen molar-refractivity contribution >= 4 is 11.6 Å². The van der Waals surface area contributed by atoms with Crippen LogP contribution in [0, 0.1) is 0 Å². The lowest BCUT2D eigenvalue weighted by atomic mass is 10.1. The zero-order valence-corrected chi connectivity index (χ0v) is 9.31. The fourth-order valence-corrected chi connectivity index (χ4v) is 1.71. The number of rotatable bonds is 4. The zero-order chi connectivity index (χ0) is 12.3. The first kappa shape index (κ1) is 13.3. The van der Waals surface area contributed by atoms with Gasteiger partial charge in [-0.05, 0) is 6.92 Å². The molecule has 1 aromatic heterocycles. The number of alkyl halides is 3. The van der Waals surface area contributed by atoms with Gasteiger partial charge in [-0.1, -0.05) is 11.6 Å². The smallest absolute Gasteiger partial charge is 0.271 e. The third-order valence-corrected chi connectivity index (χ3v) is 2.39. The van der Waals surface area contributed by atoms with Gasteiger partial charge in [0.25, 0.3) is 0 Å². The Kier molecular flexibility index (Phi) is 4.17. The van der Waals surface area contributed by atoms with Crippen LogP contribution in [0.4, 0.5) is 13.2 Å². The van der Waals surface area contributed by atoms with E-state index in [4.69, 9.17) is 17.4 Å². The third kappa shape index (κ3) is 3.10. The first-order valence-corrected chi connectivity index (χ1v) is 5.01. The Bertz CT molecular complexity index is 350. The number of halogens is 4. The highest BCUT2D eigenvalue weighted by Gasteiger charge is 2.34. The first-order valence-electron chi connectivity index (χ1n) is 4.63. The summed E-state index contributed by atoms with van der Waals surface area (Å²) in [6.45, 7) is 2.19. The third-order valence-electron chi connectivity index (χ3n) is 2.10. The summed E-state index contributed by atoms with van der Waals surface area (Å²) in [5, 5.41) is 4.03. The van der Waals surface area contributed by atoms with Crippen LogP contribution in [0.5, 0.6) is 0 Å². The SMILES string of the molecule is CCn1ncc(Cl)c1C(CC(F)(F)F)NN. The average molecular weight is 257 g/mol. The Morgan fingerprint density at radius 2 is 2.25 bits per heavy atom. The predicted octanol–water partition coefficient (Wildman–Crippen LogP) is 2.01. The number of hydrogen-bond donors (Lipinski definition) is 2. The van der Waals surface area contributed by atoms with E-state index in [-0.39, 0.29) is 10.7 Å². The van der Waals surface area contributed by atoms with Crippen LogP contribution in [-0.2, 0) is 6.54 Å². The van der Waals surface area contributed by atoms with Crippen molar-refractivity contribution in [2.45, 2.75) is 32.1 Å². The minimum absolute atomic E-state index is 0.175. The molecule has 0 aliphatic rings. The van der Waals surface area contributed by atoms with E-state index < -0.39 is 18.6 Å². The minimum atomic E-state index is -4.32. The molecular formula is C8H12ClF3N4. The Morgan fingerprint density at radius 3 is 2.69 bits per heavy atom. The van der Waals surface area contributed by atoms with Gasteiger partial charge in [0, 0.05) is 6.54 Å². The van der Waals surface area contributed by atoms with Crippen LogP contribution in [0.15, 0.2) is 6.20 Å². The highest BCUT2D eigenvalue weighted by molar-refractivity contribution is 6.31. The van der Waals surface area contributed by atoms with Crippen LogP contribution in [0.1, 0.15) is 25.1 Å². The molecule has 0 saturated carbocycles. The van der Waals surface area contributed by atoms with Crippen molar-refractivity contribution in [3.8, 4) is 0 Å². The van der Waals surface area contributed by atoms with Crippen LogP contribution >= 0.6 is 11.6 Å². The molecule has 0 aliphatic heterocycles. The fourth-order valence-electron chi connectivity index (χ4n) is 1.44. The van der Waals surface area contributed by atoms with Crippen molar-refractivity contribution in [1.82, 2.24) is 15.2 Å². The average Bonchev–Trinajstić information content (AvgIpc) is 2.54. The van der Waals surface area contributed by atoms with E-state index >= 15 is 0 Å². The van der Waals surface area contributed by atoms with Gasteiger partial charge in [0.15, 0.2) is 0 Å². The largest absolute Gasteiger partial charge is 0.391 e. The molecule has 0 aliphatic carbocycles. The molecule has 0 aromatic carbocycles. The van der Waals surface area contributed by atoms with Gasteiger partial charge in [-0.2, -0.15) is 18.3 Å². The number of nitrogens with zero attached hydrogens (tertiary/aromatic N) is 2. The van der Waals surface area contributed by atoms with Gasteiger partial charge in [0.2, 0.25) is 0 Å². The number of aromatic nitrogens is 2. The van der Waals surface area contributed by atoms with E-state index in [1.165, 1.54) is 10.9 Å². The summed E-state index contributed by atoms with van der Waals surface area (Å²) in [7, 11) is 0. The van der Waals surface area contributed by atoms with Crippen LogP contribution in [0.25, 0.3) is 0 Å². The lowest BCUT2D eigenvalue weighted by Crippen LogP contribution is -2.33. The van der Waals surface area contributed by atoms with E-state index in [1.807, 2.05) is 0 Å². The second-order valence-corrected chi connectivity index (χ2v) is 3.64. The van der Waals surface area contributed by atoms with Crippen LogP contribution in [-0.4, -0.2) is 16.0 Å². The molecule has 0 fully saturated rings. The number of hydrazine groups is 1. The summed E-state index contributed by atoms with van der Waals surface area (Å²) in [6.07, 6.45) is -4.10. The van der Waals surface area contributed by atoms with Crippen LogP contribution in [0.3, 0.4) is 0 Å². The molecule has 4 nitrogen and oxygen atoms in total. The van der Waals surface area contributed by atoms with Crippen LogP contribution < -0.4 is 11.3 Å². The maximum Gasteiger partial charge on any atom is 0.391 e. The Balaban J connectivity index is 2.98. The molecule has 1 aromatic rings. The molecule has 0 bridgehead atoms. The molecule has 8 heteroatoms. The van der Waals surface area contributed by atoms with Crippen molar-refractivity contribution < 1.29 is 13.2 Å². The molecule has 0 saturated heterocycles. The molecular weight excluding hydrogens is 245 g/mol. The Labute approximate surface area is 95.5 Å². The van der Waals surface area contributed by atoms with Gasteiger partial charge in [-0.25, -0.2) is 0 Å². The van der Waals surface area contributed by atoms with Crippen molar-refractivity contribution in [3.05, 3.63) is 16.9 Å². The molecule has 1 rings (SSSR count). The zero-order valence-electron chi connectivity index (χ0n) is 8.55. The molecule has 1 atom stereocenters. The van der Waals surface area contributed by atoms with Gasteiger partial charge in [0.05, 0.1) is 29.4 Å². The summed E-state index contributed by atoms with van der Waals surface area (Å²) in [5.41, 5.74) is 2.36. The van der Waals surface area contributed by atoms with Crippen molar-refractivity contribution in [2.24, 2.45) is 5.84 Å². The highest BCUT2D eigenvalue weighted by atomic mass is 35.5. The Hall–Kier alpha value is -0.790. The van der Waals surface area contributed by atoms with Crippen molar-refractivity contribution in [2.75, 3.05) is 0 Å². The molecule has 1 unspecified atom stereocenters. The van der Waals surface area contributed by atoms with E-state index in [0.29, 0.717) is 6.54 Å². The number of aryl methyl sites for hydroxylation is 1.